The summed E-state index contributed by atoms with van der Waals surface area (Å²) in [7, 11) is 1.06. The summed E-state index contributed by atoms with van der Waals surface area (Å²) in [5.74, 6) is 0.671. The van der Waals surface area contributed by atoms with Gasteiger partial charge in [-0.3, -0.25) is 8.89 Å². The summed E-state index contributed by atoms with van der Waals surface area (Å²) in [5.41, 5.74) is 6.57. The number of hydrogen-bond donors (Lipinski definition) is 1. The van der Waals surface area contributed by atoms with Crippen molar-refractivity contribution in [1.82, 2.24) is 9.78 Å². The SMILES string of the molecule is CC(CN)S(=O)CCc1cnn(C)c1. The van der Waals surface area contributed by atoms with Gasteiger partial charge in [-0.2, -0.15) is 5.10 Å². The first-order valence-corrected chi connectivity index (χ1v) is 6.06. The molecule has 2 N–H and O–H groups in total. The predicted molar refractivity (Wildman–Crippen MR) is 58.4 cm³/mol. The molecule has 0 fully saturated rings. The third-order valence-corrected chi connectivity index (χ3v) is 3.83. The maximum atomic E-state index is 11.6. The van der Waals surface area contributed by atoms with Crippen molar-refractivity contribution in [2.24, 2.45) is 12.8 Å². The second-order valence-corrected chi connectivity index (χ2v) is 5.38. The second-order valence-electron chi connectivity index (χ2n) is 3.40. The largest absolute Gasteiger partial charge is 0.329 e. The topological polar surface area (TPSA) is 60.9 Å². The first kappa shape index (κ1) is 11.4. The third-order valence-electron chi connectivity index (χ3n) is 2.13. The Labute approximate surface area is 86.9 Å². The van der Waals surface area contributed by atoms with Crippen molar-refractivity contribution < 1.29 is 4.21 Å². The van der Waals surface area contributed by atoms with Crippen molar-refractivity contribution in [3.8, 4) is 0 Å². The summed E-state index contributed by atoms with van der Waals surface area (Å²) in [4.78, 5) is 0. The van der Waals surface area contributed by atoms with Gasteiger partial charge in [0.05, 0.1) is 6.20 Å². The van der Waals surface area contributed by atoms with Crippen molar-refractivity contribution in [3.63, 3.8) is 0 Å². The lowest BCUT2D eigenvalue weighted by Crippen LogP contribution is -2.24. The van der Waals surface area contributed by atoms with Crippen molar-refractivity contribution in [1.29, 1.82) is 0 Å². The fourth-order valence-electron chi connectivity index (χ4n) is 1.13. The Balaban J connectivity index is 2.37. The molecule has 0 saturated heterocycles. The van der Waals surface area contributed by atoms with Gasteiger partial charge in [-0.1, -0.05) is 0 Å². The summed E-state index contributed by atoms with van der Waals surface area (Å²) in [5, 5.41) is 4.14. The van der Waals surface area contributed by atoms with Crippen LogP contribution in [-0.4, -0.2) is 31.5 Å². The molecule has 0 amide bonds. The molecule has 1 rings (SSSR count). The molecule has 0 bridgehead atoms. The van der Waals surface area contributed by atoms with Gasteiger partial charge in [0.25, 0.3) is 0 Å². The normalized spacial score (nSPS) is 15.4. The van der Waals surface area contributed by atoms with Gasteiger partial charge >= 0.3 is 0 Å². The molecule has 0 aliphatic heterocycles. The molecule has 0 spiro atoms. The van der Waals surface area contributed by atoms with Crippen molar-refractivity contribution in [2.75, 3.05) is 12.3 Å². The van der Waals surface area contributed by atoms with E-state index in [9.17, 15) is 4.21 Å². The molecule has 0 radical (unpaired) electrons. The minimum Gasteiger partial charge on any atom is -0.329 e. The number of nitrogens with zero attached hydrogens (tertiary/aromatic N) is 2. The zero-order valence-corrected chi connectivity index (χ0v) is 9.46. The zero-order valence-electron chi connectivity index (χ0n) is 8.64. The third kappa shape index (κ3) is 3.23. The minimum atomic E-state index is -0.818. The average molecular weight is 215 g/mol. The van der Waals surface area contributed by atoms with Gasteiger partial charge < -0.3 is 5.73 Å². The Hall–Kier alpha value is -0.680. The van der Waals surface area contributed by atoms with E-state index >= 15 is 0 Å². The summed E-state index contributed by atoms with van der Waals surface area (Å²) < 4.78 is 13.3. The first-order chi connectivity index (χ1) is 6.63. The van der Waals surface area contributed by atoms with E-state index in [1.165, 1.54) is 0 Å². The van der Waals surface area contributed by atoms with Gasteiger partial charge in [-0.15, -0.1) is 0 Å². The Morgan fingerprint density at radius 2 is 2.43 bits per heavy atom. The highest BCUT2D eigenvalue weighted by Crippen LogP contribution is 2.01. The highest BCUT2D eigenvalue weighted by atomic mass is 32.2. The second kappa shape index (κ2) is 5.26. The van der Waals surface area contributed by atoms with Crippen LogP contribution >= 0.6 is 0 Å². The molecule has 0 aliphatic rings. The molecule has 80 valence electrons. The van der Waals surface area contributed by atoms with E-state index in [0.29, 0.717) is 12.3 Å². The van der Waals surface area contributed by atoms with Crippen LogP contribution in [0.1, 0.15) is 12.5 Å². The Kier molecular flexibility index (Phi) is 4.28. The highest BCUT2D eigenvalue weighted by molar-refractivity contribution is 7.85. The maximum Gasteiger partial charge on any atom is 0.0521 e. The van der Waals surface area contributed by atoms with Gasteiger partial charge in [0, 0.05) is 41.6 Å². The molecule has 2 atom stereocenters. The number of aryl methyl sites for hydroxylation is 2. The fraction of sp³-hybridized carbons (Fsp3) is 0.667. The van der Waals surface area contributed by atoms with E-state index in [1.807, 2.05) is 26.4 Å². The number of rotatable bonds is 5. The molecule has 0 saturated carbocycles. The van der Waals surface area contributed by atoms with Crippen molar-refractivity contribution in [3.05, 3.63) is 18.0 Å². The Morgan fingerprint density at radius 3 is 2.93 bits per heavy atom. The van der Waals surface area contributed by atoms with Crippen LogP contribution in [0.5, 0.6) is 0 Å². The van der Waals surface area contributed by atoms with Crippen LogP contribution in [0.3, 0.4) is 0 Å². The van der Waals surface area contributed by atoms with Crippen LogP contribution in [-0.2, 0) is 24.3 Å². The molecule has 14 heavy (non-hydrogen) atoms. The Bertz CT molecular complexity index is 311. The van der Waals surface area contributed by atoms with Crippen LogP contribution in [0.25, 0.3) is 0 Å². The van der Waals surface area contributed by atoms with E-state index in [0.717, 1.165) is 12.0 Å². The Morgan fingerprint density at radius 1 is 1.71 bits per heavy atom. The van der Waals surface area contributed by atoms with Crippen LogP contribution in [0.2, 0.25) is 0 Å². The van der Waals surface area contributed by atoms with E-state index < -0.39 is 10.8 Å². The van der Waals surface area contributed by atoms with Crippen molar-refractivity contribution in [2.45, 2.75) is 18.6 Å². The van der Waals surface area contributed by atoms with Crippen molar-refractivity contribution >= 4 is 10.8 Å². The fourth-order valence-corrected chi connectivity index (χ4v) is 2.18. The molecule has 4 nitrogen and oxygen atoms in total. The maximum absolute atomic E-state index is 11.6. The predicted octanol–water partition coefficient (Wildman–Crippen LogP) is 0.0585. The lowest BCUT2D eigenvalue weighted by atomic mass is 10.3. The summed E-state index contributed by atoms with van der Waals surface area (Å²) in [6.45, 7) is 2.40. The van der Waals surface area contributed by atoms with E-state index in [-0.39, 0.29) is 5.25 Å². The molecule has 1 aromatic rings. The lowest BCUT2D eigenvalue weighted by molar-refractivity contribution is 0.672. The van der Waals surface area contributed by atoms with Gasteiger partial charge in [0.2, 0.25) is 0 Å². The van der Waals surface area contributed by atoms with Crippen LogP contribution < -0.4 is 5.73 Å². The molecular formula is C9H17N3OS. The lowest BCUT2D eigenvalue weighted by Gasteiger charge is -2.06. The molecular weight excluding hydrogens is 198 g/mol. The molecule has 0 aromatic carbocycles. The van der Waals surface area contributed by atoms with Gasteiger partial charge in [-0.05, 0) is 18.9 Å². The van der Waals surface area contributed by atoms with Gasteiger partial charge in [0.15, 0.2) is 0 Å². The smallest absolute Gasteiger partial charge is 0.0521 e. The van der Waals surface area contributed by atoms with E-state index in [4.69, 9.17) is 5.73 Å². The van der Waals surface area contributed by atoms with Gasteiger partial charge in [-0.25, -0.2) is 0 Å². The minimum absolute atomic E-state index is 0.0895. The standard InChI is InChI=1S/C9H17N3OS/c1-8(5-10)14(13)4-3-9-6-11-12(2)7-9/h6-8H,3-5,10H2,1-2H3. The summed E-state index contributed by atoms with van der Waals surface area (Å²) >= 11 is 0. The average Bonchev–Trinajstić information content (AvgIpc) is 2.59. The quantitative estimate of drug-likeness (QED) is 0.755. The van der Waals surface area contributed by atoms with Crippen LogP contribution in [0.15, 0.2) is 12.4 Å². The highest BCUT2D eigenvalue weighted by Gasteiger charge is 2.09. The van der Waals surface area contributed by atoms with Gasteiger partial charge in [0.1, 0.15) is 0 Å². The molecule has 0 aliphatic carbocycles. The molecule has 5 heteroatoms. The molecule has 1 aromatic heterocycles. The van der Waals surface area contributed by atoms with Crippen LogP contribution in [0.4, 0.5) is 0 Å². The van der Waals surface area contributed by atoms with E-state index in [2.05, 4.69) is 5.10 Å². The molecule has 2 unspecified atom stereocenters. The summed E-state index contributed by atoms with van der Waals surface area (Å²) in [6.07, 6.45) is 4.57. The summed E-state index contributed by atoms with van der Waals surface area (Å²) in [6, 6.07) is 0. The first-order valence-electron chi connectivity index (χ1n) is 4.68. The molecule has 1 heterocycles. The van der Waals surface area contributed by atoms with E-state index in [1.54, 1.807) is 4.68 Å². The van der Waals surface area contributed by atoms with Crippen LogP contribution in [0, 0.1) is 0 Å². The zero-order chi connectivity index (χ0) is 10.6. The monoisotopic (exact) mass is 215 g/mol. The number of nitrogens with two attached hydrogens (primary N) is 1. The number of hydrogen-bond acceptors (Lipinski definition) is 3. The number of aromatic nitrogens is 2.